The lowest BCUT2D eigenvalue weighted by Gasteiger charge is -2.22. The minimum Gasteiger partial charge on any atom is -0.396 e. The molecule has 0 bridgehead atoms. The van der Waals surface area contributed by atoms with Crippen LogP contribution in [0.25, 0.3) is 11.0 Å². The Labute approximate surface area is 120 Å². The van der Waals surface area contributed by atoms with Crippen LogP contribution in [0.15, 0.2) is 18.2 Å². The standard InChI is InChI=1S/C16H25N3O/c1-15(2,3)14-18-12-7-6-11(8-13(12)19-14)17-9-16(4,5)10-20/h6-8,17,20H,9-10H2,1-5H3,(H,18,19). The van der Waals surface area contributed by atoms with Crippen LogP contribution in [0.4, 0.5) is 5.69 Å². The summed E-state index contributed by atoms with van der Waals surface area (Å²) in [6.45, 7) is 11.4. The molecule has 0 aliphatic carbocycles. The molecule has 0 saturated heterocycles. The van der Waals surface area contributed by atoms with Crippen molar-refractivity contribution in [2.45, 2.75) is 40.0 Å². The third-order valence-electron chi connectivity index (χ3n) is 3.39. The summed E-state index contributed by atoms with van der Waals surface area (Å²) in [6, 6.07) is 6.13. The molecule has 1 aromatic heterocycles. The first kappa shape index (κ1) is 14.9. The molecular formula is C16H25N3O. The molecule has 2 aromatic rings. The predicted octanol–water partition coefficient (Wildman–Crippen LogP) is 3.29. The second kappa shape index (κ2) is 5.09. The fraction of sp³-hybridized carbons (Fsp3) is 0.562. The molecule has 0 spiro atoms. The fourth-order valence-electron chi connectivity index (χ4n) is 1.87. The van der Waals surface area contributed by atoms with Crippen molar-refractivity contribution in [1.29, 1.82) is 0 Å². The zero-order chi connectivity index (χ0) is 15.0. The Kier molecular flexibility index (Phi) is 3.78. The van der Waals surface area contributed by atoms with E-state index in [2.05, 4.69) is 42.1 Å². The van der Waals surface area contributed by atoms with Crippen LogP contribution in [-0.4, -0.2) is 28.2 Å². The van der Waals surface area contributed by atoms with E-state index in [1.807, 2.05) is 26.0 Å². The zero-order valence-electron chi connectivity index (χ0n) is 13.0. The summed E-state index contributed by atoms with van der Waals surface area (Å²) in [5.74, 6) is 1.00. The van der Waals surface area contributed by atoms with E-state index in [9.17, 15) is 5.11 Å². The van der Waals surface area contributed by atoms with Crippen LogP contribution in [0, 0.1) is 5.41 Å². The largest absolute Gasteiger partial charge is 0.396 e. The monoisotopic (exact) mass is 275 g/mol. The minimum atomic E-state index is -0.125. The van der Waals surface area contributed by atoms with Gasteiger partial charge in [-0.1, -0.05) is 34.6 Å². The van der Waals surface area contributed by atoms with Crippen molar-refractivity contribution in [1.82, 2.24) is 9.97 Å². The summed E-state index contributed by atoms with van der Waals surface area (Å²) in [7, 11) is 0. The van der Waals surface area contributed by atoms with Gasteiger partial charge in [-0.3, -0.25) is 0 Å². The van der Waals surface area contributed by atoms with E-state index in [-0.39, 0.29) is 17.4 Å². The average Bonchev–Trinajstić information content (AvgIpc) is 2.79. The molecule has 4 heteroatoms. The van der Waals surface area contributed by atoms with Crippen molar-refractivity contribution < 1.29 is 5.11 Å². The summed E-state index contributed by atoms with van der Waals surface area (Å²) < 4.78 is 0. The Balaban J connectivity index is 2.21. The molecule has 0 saturated carbocycles. The van der Waals surface area contributed by atoms with Crippen molar-refractivity contribution in [3.8, 4) is 0 Å². The summed E-state index contributed by atoms with van der Waals surface area (Å²) in [6.07, 6.45) is 0. The summed E-state index contributed by atoms with van der Waals surface area (Å²) in [4.78, 5) is 8.01. The number of aliphatic hydroxyl groups is 1. The molecule has 0 amide bonds. The topological polar surface area (TPSA) is 60.9 Å². The Morgan fingerprint density at radius 1 is 1.20 bits per heavy atom. The highest BCUT2D eigenvalue weighted by atomic mass is 16.3. The summed E-state index contributed by atoms with van der Waals surface area (Å²) >= 11 is 0. The van der Waals surface area contributed by atoms with Gasteiger partial charge in [0.2, 0.25) is 0 Å². The number of imidazole rings is 1. The van der Waals surface area contributed by atoms with Gasteiger partial charge in [-0.2, -0.15) is 0 Å². The first-order chi connectivity index (χ1) is 9.21. The van der Waals surface area contributed by atoms with Gasteiger partial charge in [0.15, 0.2) is 0 Å². The van der Waals surface area contributed by atoms with Gasteiger partial charge >= 0.3 is 0 Å². The van der Waals surface area contributed by atoms with Gasteiger partial charge < -0.3 is 15.4 Å². The van der Waals surface area contributed by atoms with E-state index in [0.29, 0.717) is 0 Å². The van der Waals surface area contributed by atoms with E-state index < -0.39 is 0 Å². The number of fused-ring (bicyclic) bond motifs is 1. The lowest BCUT2D eigenvalue weighted by atomic mass is 9.95. The smallest absolute Gasteiger partial charge is 0.112 e. The van der Waals surface area contributed by atoms with E-state index >= 15 is 0 Å². The lowest BCUT2D eigenvalue weighted by Crippen LogP contribution is -2.26. The number of hydrogen-bond acceptors (Lipinski definition) is 3. The number of nitrogens with one attached hydrogen (secondary N) is 2. The van der Waals surface area contributed by atoms with Crippen LogP contribution >= 0.6 is 0 Å². The van der Waals surface area contributed by atoms with Crippen molar-refractivity contribution in [3.05, 3.63) is 24.0 Å². The molecule has 1 aromatic carbocycles. The number of aromatic amines is 1. The molecular weight excluding hydrogens is 250 g/mol. The van der Waals surface area contributed by atoms with Crippen LogP contribution in [0.2, 0.25) is 0 Å². The molecule has 0 radical (unpaired) electrons. The van der Waals surface area contributed by atoms with Gasteiger partial charge in [-0.05, 0) is 18.2 Å². The molecule has 20 heavy (non-hydrogen) atoms. The Bertz CT molecular complexity index is 593. The Morgan fingerprint density at radius 3 is 2.50 bits per heavy atom. The molecule has 4 nitrogen and oxygen atoms in total. The quantitative estimate of drug-likeness (QED) is 0.802. The van der Waals surface area contributed by atoms with Gasteiger partial charge in [-0.25, -0.2) is 4.98 Å². The number of benzene rings is 1. The van der Waals surface area contributed by atoms with Crippen molar-refractivity contribution in [2.75, 3.05) is 18.5 Å². The highest BCUT2D eigenvalue weighted by molar-refractivity contribution is 5.79. The molecule has 0 atom stereocenters. The maximum atomic E-state index is 9.28. The SMILES string of the molecule is CC(C)(CO)CNc1ccc2nc(C(C)(C)C)[nH]c2c1. The maximum absolute atomic E-state index is 9.28. The molecule has 110 valence electrons. The van der Waals surface area contributed by atoms with Crippen LogP contribution in [0.3, 0.4) is 0 Å². The second-order valence-corrected chi connectivity index (χ2v) is 7.24. The van der Waals surface area contributed by atoms with E-state index in [4.69, 9.17) is 0 Å². The number of aromatic nitrogens is 2. The third kappa shape index (κ3) is 3.31. The van der Waals surface area contributed by atoms with Crippen LogP contribution < -0.4 is 5.32 Å². The van der Waals surface area contributed by atoms with E-state index in [1.165, 1.54) is 0 Å². The first-order valence-corrected chi connectivity index (χ1v) is 7.06. The van der Waals surface area contributed by atoms with Crippen LogP contribution in [0.5, 0.6) is 0 Å². The van der Waals surface area contributed by atoms with E-state index in [0.717, 1.165) is 29.1 Å². The maximum Gasteiger partial charge on any atom is 0.112 e. The van der Waals surface area contributed by atoms with Crippen molar-refractivity contribution in [2.24, 2.45) is 5.41 Å². The van der Waals surface area contributed by atoms with Gasteiger partial charge in [0.05, 0.1) is 11.0 Å². The van der Waals surface area contributed by atoms with Gasteiger partial charge in [0.25, 0.3) is 0 Å². The number of anilines is 1. The highest BCUT2D eigenvalue weighted by Gasteiger charge is 2.19. The van der Waals surface area contributed by atoms with E-state index in [1.54, 1.807) is 0 Å². The molecule has 1 heterocycles. The molecule has 0 unspecified atom stereocenters. The summed E-state index contributed by atoms with van der Waals surface area (Å²) in [5, 5.41) is 12.6. The van der Waals surface area contributed by atoms with Gasteiger partial charge in [0.1, 0.15) is 5.82 Å². The number of nitrogens with zero attached hydrogens (tertiary/aromatic N) is 1. The van der Waals surface area contributed by atoms with Crippen molar-refractivity contribution >= 4 is 16.7 Å². The molecule has 0 fully saturated rings. The molecule has 2 rings (SSSR count). The Hall–Kier alpha value is -1.55. The van der Waals surface area contributed by atoms with Gasteiger partial charge in [-0.15, -0.1) is 0 Å². The van der Waals surface area contributed by atoms with Crippen LogP contribution in [0.1, 0.15) is 40.4 Å². The lowest BCUT2D eigenvalue weighted by molar-refractivity contribution is 0.171. The Morgan fingerprint density at radius 2 is 1.90 bits per heavy atom. The third-order valence-corrected chi connectivity index (χ3v) is 3.39. The number of H-pyrrole nitrogens is 1. The minimum absolute atomic E-state index is 0.0193. The number of hydrogen-bond donors (Lipinski definition) is 3. The van der Waals surface area contributed by atoms with Gasteiger partial charge in [0, 0.05) is 29.7 Å². The first-order valence-electron chi connectivity index (χ1n) is 7.06. The average molecular weight is 275 g/mol. The second-order valence-electron chi connectivity index (χ2n) is 7.24. The molecule has 3 N–H and O–H groups in total. The number of rotatable bonds is 4. The van der Waals surface area contributed by atoms with Crippen LogP contribution in [-0.2, 0) is 5.41 Å². The van der Waals surface area contributed by atoms with Crippen molar-refractivity contribution in [3.63, 3.8) is 0 Å². The normalized spacial score (nSPS) is 12.9. The number of aliphatic hydroxyl groups excluding tert-OH is 1. The predicted molar refractivity (Wildman–Crippen MR) is 84.2 cm³/mol. The highest BCUT2D eigenvalue weighted by Crippen LogP contribution is 2.24. The molecule has 0 aliphatic heterocycles. The zero-order valence-corrected chi connectivity index (χ0v) is 13.0. The summed E-state index contributed by atoms with van der Waals surface area (Å²) in [5.41, 5.74) is 2.97. The fourth-order valence-corrected chi connectivity index (χ4v) is 1.87. The molecule has 0 aliphatic rings.